The molecule has 0 unspecified atom stereocenters. The number of benzene rings is 3. The predicted octanol–water partition coefficient (Wildman–Crippen LogP) is 3.72. The number of hydrogen-bond donors (Lipinski definition) is 0. The lowest BCUT2D eigenvalue weighted by atomic mass is 9.98. The molecule has 0 amide bonds. The first-order chi connectivity index (χ1) is 14.5. The van der Waals surface area contributed by atoms with Gasteiger partial charge >= 0.3 is 0 Å². The lowest BCUT2D eigenvalue weighted by molar-refractivity contribution is 0.553. The fraction of sp³-hybridized carbons (Fsp3) is 0.333. The highest BCUT2D eigenvalue weighted by Crippen LogP contribution is 2.44. The van der Waals surface area contributed by atoms with E-state index in [9.17, 15) is 0 Å². The zero-order valence-corrected chi connectivity index (χ0v) is 18.1. The van der Waals surface area contributed by atoms with Crippen LogP contribution in [0.3, 0.4) is 0 Å². The van der Waals surface area contributed by atoms with Crippen molar-refractivity contribution in [2.75, 3.05) is 54.4 Å². The summed E-state index contributed by atoms with van der Waals surface area (Å²) in [6, 6.07) is 17.1. The molecule has 154 valence electrons. The second-order valence-corrected chi connectivity index (χ2v) is 8.30. The molecule has 3 aromatic carbocycles. The Labute approximate surface area is 177 Å². The average Bonchev–Trinajstić information content (AvgIpc) is 3.25. The first-order valence-corrected chi connectivity index (χ1v) is 10.5. The molecule has 0 bridgehead atoms. The summed E-state index contributed by atoms with van der Waals surface area (Å²) in [6.07, 6.45) is 0. The van der Waals surface area contributed by atoms with Crippen molar-refractivity contribution in [1.29, 1.82) is 0 Å². The van der Waals surface area contributed by atoms with Crippen LogP contribution in [0, 0.1) is 0 Å². The maximum absolute atomic E-state index is 5.21. The van der Waals surface area contributed by atoms with E-state index in [2.05, 4.69) is 96.3 Å². The molecule has 2 saturated heterocycles. The second kappa shape index (κ2) is 7.20. The molecule has 2 fully saturated rings. The highest BCUT2D eigenvalue weighted by atomic mass is 15.4. The van der Waals surface area contributed by atoms with E-state index in [1.807, 2.05) is 0 Å². The van der Waals surface area contributed by atoms with Crippen LogP contribution < -0.4 is 0 Å². The fourth-order valence-electron chi connectivity index (χ4n) is 4.45. The van der Waals surface area contributed by atoms with E-state index in [0.29, 0.717) is 0 Å². The van der Waals surface area contributed by atoms with Crippen LogP contribution in [0.15, 0.2) is 58.5 Å². The fourth-order valence-corrected chi connectivity index (χ4v) is 4.45. The van der Waals surface area contributed by atoms with E-state index in [1.165, 1.54) is 10.8 Å². The lowest BCUT2D eigenvalue weighted by Crippen LogP contribution is -2.28. The molecule has 0 spiro atoms. The van der Waals surface area contributed by atoms with Gasteiger partial charge in [-0.3, -0.25) is 0 Å². The summed E-state index contributed by atoms with van der Waals surface area (Å²) in [7, 11) is 8.43. The summed E-state index contributed by atoms with van der Waals surface area (Å²) in [4.78, 5) is 19.3. The van der Waals surface area contributed by atoms with Crippen LogP contribution in [0.2, 0.25) is 0 Å². The lowest BCUT2D eigenvalue weighted by Gasteiger charge is -2.20. The summed E-state index contributed by atoms with van der Waals surface area (Å²) < 4.78 is 0. The summed E-state index contributed by atoms with van der Waals surface area (Å²) in [6.45, 7) is 3.93. The van der Waals surface area contributed by atoms with Crippen molar-refractivity contribution in [3.63, 3.8) is 0 Å². The van der Waals surface area contributed by atoms with Gasteiger partial charge in [0.15, 0.2) is 0 Å². The zero-order chi connectivity index (χ0) is 20.8. The minimum absolute atomic E-state index is 0.945. The monoisotopic (exact) mass is 400 g/mol. The normalized spacial score (nSPS) is 17.1. The molecule has 30 heavy (non-hydrogen) atoms. The van der Waals surface area contributed by atoms with Gasteiger partial charge < -0.3 is 19.6 Å². The van der Waals surface area contributed by atoms with Gasteiger partial charge in [-0.1, -0.05) is 48.5 Å². The van der Waals surface area contributed by atoms with Crippen molar-refractivity contribution in [2.45, 2.75) is 0 Å². The summed E-state index contributed by atoms with van der Waals surface area (Å²) in [5, 5.41) is 4.71. The van der Waals surface area contributed by atoms with Crippen molar-refractivity contribution in [1.82, 2.24) is 19.6 Å². The molecule has 2 aliphatic heterocycles. The second-order valence-electron chi connectivity index (χ2n) is 8.30. The number of aliphatic imine (C=N–C) groups is 2. The van der Waals surface area contributed by atoms with Crippen LogP contribution in [0.1, 0.15) is 0 Å². The molecule has 2 aliphatic rings. The van der Waals surface area contributed by atoms with Crippen LogP contribution in [0.25, 0.3) is 21.5 Å². The number of guanidine groups is 2. The molecule has 0 aliphatic carbocycles. The first kappa shape index (κ1) is 18.7. The van der Waals surface area contributed by atoms with E-state index >= 15 is 0 Å². The Morgan fingerprint density at radius 3 is 1.13 bits per heavy atom. The number of likely N-dealkylation sites (N-methyl/N-ethyl adjacent to an activating group) is 4. The Hall–Kier alpha value is -3.28. The Morgan fingerprint density at radius 2 is 0.800 bits per heavy atom. The molecule has 0 N–H and O–H groups in total. The van der Waals surface area contributed by atoms with Gasteiger partial charge in [0.1, 0.15) is 11.4 Å². The number of rotatable bonds is 2. The van der Waals surface area contributed by atoms with Crippen LogP contribution in [0.4, 0.5) is 11.4 Å². The van der Waals surface area contributed by atoms with Crippen molar-refractivity contribution < 1.29 is 0 Å². The number of fused-ring (bicyclic) bond motifs is 3. The van der Waals surface area contributed by atoms with E-state index < -0.39 is 0 Å². The molecule has 0 radical (unpaired) electrons. The molecule has 5 rings (SSSR count). The summed E-state index contributed by atoms with van der Waals surface area (Å²) >= 11 is 0. The van der Waals surface area contributed by atoms with Crippen molar-refractivity contribution in [2.24, 2.45) is 9.98 Å². The third-order valence-electron chi connectivity index (χ3n) is 6.21. The van der Waals surface area contributed by atoms with E-state index in [1.54, 1.807) is 0 Å². The van der Waals surface area contributed by atoms with Crippen LogP contribution in [-0.4, -0.2) is 85.9 Å². The zero-order valence-electron chi connectivity index (χ0n) is 18.1. The van der Waals surface area contributed by atoms with Crippen molar-refractivity contribution >= 4 is 44.8 Å². The Kier molecular flexibility index (Phi) is 4.50. The topological polar surface area (TPSA) is 37.7 Å². The van der Waals surface area contributed by atoms with Gasteiger partial charge in [0.05, 0.1) is 0 Å². The van der Waals surface area contributed by atoms with Crippen LogP contribution in [0.5, 0.6) is 0 Å². The van der Waals surface area contributed by atoms with Gasteiger partial charge in [-0.25, -0.2) is 9.98 Å². The van der Waals surface area contributed by atoms with E-state index in [0.717, 1.165) is 60.2 Å². The van der Waals surface area contributed by atoms with Gasteiger partial charge in [-0.2, -0.15) is 0 Å². The quantitative estimate of drug-likeness (QED) is 0.615. The first-order valence-electron chi connectivity index (χ1n) is 10.5. The SMILES string of the molecule is CN1CCN(C)C1=Nc1c(N=C2N(C)CCN2C)c2ccccc2c2ccccc12. The van der Waals surface area contributed by atoms with Gasteiger partial charge in [-0.15, -0.1) is 0 Å². The summed E-state index contributed by atoms with van der Waals surface area (Å²) in [5.41, 5.74) is 1.89. The molecular weight excluding hydrogens is 372 g/mol. The molecule has 0 aromatic heterocycles. The molecule has 6 heteroatoms. The summed E-state index contributed by atoms with van der Waals surface area (Å²) in [5.74, 6) is 1.98. The standard InChI is InChI=1S/C24H28N6/c1-27-13-14-28(2)23(27)25-21-19-11-7-5-9-17(19)18-10-6-8-12-20(18)22(21)26-24-29(3)15-16-30(24)4/h5-12H,13-16H2,1-4H3. The van der Waals surface area contributed by atoms with Crippen LogP contribution >= 0.6 is 0 Å². The molecule has 6 nitrogen and oxygen atoms in total. The minimum Gasteiger partial charge on any atom is -0.344 e. The van der Waals surface area contributed by atoms with Crippen molar-refractivity contribution in [3.05, 3.63) is 48.5 Å². The minimum atomic E-state index is 0.945. The van der Waals surface area contributed by atoms with Crippen molar-refractivity contribution in [3.8, 4) is 0 Å². The number of nitrogens with zero attached hydrogens (tertiary/aromatic N) is 6. The Bertz CT molecular complexity index is 1060. The Balaban J connectivity index is 1.88. The third-order valence-corrected chi connectivity index (χ3v) is 6.21. The van der Waals surface area contributed by atoms with Gasteiger partial charge in [0, 0.05) is 65.1 Å². The van der Waals surface area contributed by atoms with Gasteiger partial charge in [0.2, 0.25) is 11.9 Å². The number of hydrogen-bond acceptors (Lipinski definition) is 2. The molecule has 3 aromatic rings. The smallest absolute Gasteiger partial charge is 0.201 e. The maximum Gasteiger partial charge on any atom is 0.201 e. The molecule has 0 atom stereocenters. The highest BCUT2D eigenvalue weighted by Gasteiger charge is 2.24. The third kappa shape index (κ3) is 2.95. The molecular formula is C24H28N6. The van der Waals surface area contributed by atoms with Gasteiger partial charge in [0.25, 0.3) is 0 Å². The van der Waals surface area contributed by atoms with E-state index in [-0.39, 0.29) is 0 Å². The van der Waals surface area contributed by atoms with E-state index in [4.69, 9.17) is 9.98 Å². The van der Waals surface area contributed by atoms with Crippen LogP contribution in [-0.2, 0) is 0 Å². The maximum atomic E-state index is 5.21. The largest absolute Gasteiger partial charge is 0.344 e. The molecule has 2 heterocycles. The Morgan fingerprint density at radius 1 is 0.500 bits per heavy atom. The van der Waals surface area contributed by atoms with Gasteiger partial charge in [-0.05, 0) is 10.8 Å². The predicted molar refractivity (Wildman–Crippen MR) is 126 cm³/mol. The average molecular weight is 401 g/mol. The highest BCUT2D eigenvalue weighted by molar-refractivity contribution is 6.20. The molecule has 0 saturated carbocycles.